The lowest BCUT2D eigenvalue weighted by molar-refractivity contribution is -0.127. The zero-order valence-electron chi connectivity index (χ0n) is 13.9. The molecule has 2 aromatic heterocycles. The van der Waals surface area contributed by atoms with E-state index in [4.69, 9.17) is 0 Å². The Bertz CT molecular complexity index is 880. The van der Waals surface area contributed by atoms with Crippen LogP contribution in [0, 0.1) is 0 Å². The SMILES string of the molecule is CN1C(=O)C[C@@H](NCc2ccc3cc[nH]c3c2)[C@@H]1c1ccnn1C. The van der Waals surface area contributed by atoms with Crippen LogP contribution in [-0.4, -0.2) is 38.7 Å². The van der Waals surface area contributed by atoms with Gasteiger partial charge < -0.3 is 15.2 Å². The van der Waals surface area contributed by atoms with Crippen LogP contribution in [-0.2, 0) is 18.4 Å². The van der Waals surface area contributed by atoms with E-state index in [-0.39, 0.29) is 18.0 Å². The number of benzene rings is 1. The predicted molar refractivity (Wildman–Crippen MR) is 92.3 cm³/mol. The summed E-state index contributed by atoms with van der Waals surface area (Å²) in [4.78, 5) is 17.3. The van der Waals surface area contributed by atoms with Crippen molar-refractivity contribution in [2.24, 2.45) is 7.05 Å². The Morgan fingerprint density at radius 1 is 1.29 bits per heavy atom. The predicted octanol–water partition coefficient (Wildman–Crippen LogP) is 1.96. The van der Waals surface area contributed by atoms with Gasteiger partial charge in [-0.25, -0.2) is 0 Å². The van der Waals surface area contributed by atoms with Crippen molar-refractivity contribution in [3.8, 4) is 0 Å². The number of nitrogens with one attached hydrogen (secondary N) is 2. The summed E-state index contributed by atoms with van der Waals surface area (Å²) in [6, 6.07) is 10.5. The maximum absolute atomic E-state index is 12.2. The molecule has 1 fully saturated rings. The summed E-state index contributed by atoms with van der Waals surface area (Å²) < 4.78 is 1.85. The molecule has 3 heterocycles. The fourth-order valence-electron chi connectivity index (χ4n) is 3.59. The molecule has 2 atom stereocenters. The van der Waals surface area contributed by atoms with Crippen LogP contribution in [0.4, 0.5) is 0 Å². The minimum absolute atomic E-state index is 0.0132. The maximum Gasteiger partial charge on any atom is 0.224 e. The summed E-state index contributed by atoms with van der Waals surface area (Å²) in [5.74, 6) is 0.165. The Labute approximate surface area is 140 Å². The average molecular weight is 323 g/mol. The topological polar surface area (TPSA) is 66.0 Å². The Morgan fingerprint density at radius 3 is 2.96 bits per heavy atom. The summed E-state index contributed by atoms with van der Waals surface area (Å²) >= 11 is 0. The van der Waals surface area contributed by atoms with E-state index >= 15 is 0 Å². The van der Waals surface area contributed by atoms with Crippen LogP contribution in [0.3, 0.4) is 0 Å². The quantitative estimate of drug-likeness (QED) is 0.771. The summed E-state index contributed by atoms with van der Waals surface area (Å²) in [6.45, 7) is 0.731. The Hall–Kier alpha value is -2.60. The summed E-state index contributed by atoms with van der Waals surface area (Å²) in [5, 5.41) is 9.02. The van der Waals surface area contributed by atoms with Crippen molar-refractivity contribution >= 4 is 16.8 Å². The Kier molecular flexibility index (Phi) is 3.61. The van der Waals surface area contributed by atoms with Crippen LogP contribution in [0.15, 0.2) is 42.7 Å². The monoisotopic (exact) mass is 323 g/mol. The molecule has 6 nitrogen and oxygen atoms in total. The van der Waals surface area contributed by atoms with Gasteiger partial charge >= 0.3 is 0 Å². The lowest BCUT2D eigenvalue weighted by atomic mass is 10.0. The van der Waals surface area contributed by atoms with Crippen molar-refractivity contribution in [1.29, 1.82) is 0 Å². The number of aromatic nitrogens is 3. The number of aryl methyl sites for hydroxylation is 1. The number of aromatic amines is 1. The minimum Gasteiger partial charge on any atom is -0.361 e. The molecule has 24 heavy (non-hydrogen) atoms. The van der Waals surface area contributed by atoms with Crippen LogP contribution < -0.4 is 5.32 Å². The Morgan fingerprint density at radius 2 is 2.17 bits per heavy atom. The zero-order valence-corrected chi connectivity index (χ0v) is 13.9. The number of hydrogen-bond donors (Lipinski definition) is 2. The molecule has 0 aliphatic carbocycles. The van der Waals surface area contributed by atoms with E-state index in [2.05, 4.69) is 39.7 Å². The molecule has 0 unspecified atom stereocenters. The largest absolute Gasteiger partial charge is 0.361 e. The first-order chi connectivity index (χ1) is 11.6. The van der Waals surface area contributed by atoms with Gasteiger partial charge in [0.25, 0.3) is 0 Å². The summed E-state index contributed by atoms with van der Waals surface area (Å²) in [7, 11) is 3.79. The standard InChI is InChI=1S/C18H21N5O/c1-22-17(24)10-15(18(22)16-6-8-21-23(16)2)20-11-12-3-4-13-5-7-19-14(13)9-12/h3-9,15,18-20H,10-11H2,1-2H3/t15-,18-/m1/s1. The summed E-state index contributed by atoms with van der Waals surface area (Å²) in [6.07, 6.45) is 4.24. The van der Waals surface area contributed by atoms with Crippen molar-refractivity contribution in [3.05, 3.63) is 54.0 Å². The van der Waals surface area contributed by atoms with Crippen LogP contribution in [0.1, 0.15) is 23.7 Å². The number of rotatable bonds is 4. The molecule has 3 aromatic rings. The number of H-pyrrole nitrogens is 1. The lowest BCUT2D eigenvalue weighted by Gasteiger charge is -2.25. The molecule has 4 rings (SSSR count). The minimum atomic E-state index is 0.0132. The molecular formula is C18H21N5O. The second kappa shape index (κ2) is 5.79. The average Bonchev–Trinajstić information content (AvgIpc) is 3.26. The van der Waals surface area contributed by atoms with Gasteiger partial charge in [-0.2, -0.15) is 5.10 Å². The highest BCUT2D eigenvalue weighted by Gasteiger charge is 2.39. The molecule has 0 bridgehead atoms. The normalized spacial score (nSPS) is 21.1. The van der Waals surface area contributed by atoms with Crippen molar-refractivity contribution in [1.82, 2.24) is 25.0 Å². The molecule has 1 amide bonds. The fraction of sp³-hybridized carbons (Fsp3) is 0.333. The van der Waals surface area contributed by atoms with E-state index in [1.807, 2.05) is 35.9 Å². The molecular weight excluding hydrogens is 302 g/mol. The highest BCUT2D eigenvalue weighted by molar-refractivity contribution is 5.80. The van der Waals surface area contributed by atoms with E-state index in [1.54, 1.807) is 6.20 Å². The van der Waals surface area contributed by atoms with Crippen molar-refractivity contribution in [2.75, 3.05) is 7.05 Å². The third-order valence-electron chi connectivity index (χ3n) is 4.94. The van der Waals surface area contributed by atoms with Crippen LogP contribution in [0.2, 0.25) is 0 Å². The smallest absolute Gasteiger partial charge is 0.224 e. The third kappa shape index (κ3) is 2.49. The molecule has 6 heteroatoms. The van der Waals surface area contributed by atoms with Gasteiger partial charge in [-0.1, -0.05) is 12.1 Å². The molecule has 0 spiro atoms. The third-order valence-corrected chi connectivity index (χ3v) is 4.94. The van der Waals surface area contributed by atoms with Crippen molar-refractivity contribution < 1.29 is 4.79 Å². The van der Waals surface area contributed by atoms with E-state index in [0.717, 1.165) is 17.8 Å². The molecule has 1 saturated heterocycles. The van der Waals surface area contributed by atoms with Gasteiger partial charge in [0, 0.05) is 51.0 Å². The van der Waals surface area contributed by atoms with Gasteiger partial charge in [-0.3, -0.25) is 9.48 Å². The van der Waals surface area contributed by atoms with Gasteiger partial charge in [0.15, 0.2) is 0 Å². The number of nitrogens with zero attached hydrogens (tertiary/aromatic N) is 3. The van der Waals surface area contributed by atoms with Crippen LogP contribution in [0.5, 0.6) is 0 Å². The number of hydrogen-bond acceptors (Lipinski definition) is 3. The van der Waals surface area contributed by atoms with Crippen LogP contribution in [0.25, 0.3) is 10.9 Å². The van der Waals surface area contributed by atoms with Gasteiger partial charge in [-0.15, -0.1) is 0 Å². The van der Waals surface area contributed by atoms with Crippen molar-refractivity contribution in [2.45, 2.75) is 25.0 Å². The fourth-order valence-corrected chi connectivity index (χ4v) is 3.59. The van der Waals surface area contributed by atoms with Crippen molar-refractivity contribution in [3.63, 3.8) is 0 Å². The second-order valence-corrected chi connectivity index (χ2v) is 6.42. The van der Waals surface area contributed by atoms with E-state index < -0.39 is 0 Å². The Balaban J connectivity index is 1.53. The first kappa shape index (κ1) is 15.0. The summed E-state index contributed by atoms with van der Waals surface area (Å²) in [5.41, 5.74) is 3.40. The number of carbonyl (C=O) groups is 1. The van der Waals surface area contributed by atoms with Gasteiger partial charge in [0.1, 0.15) is 0 Å². The van der Waals surface area contributed by atoms with E-state index in [0.29, 0.717) is 6.42 Å². The maximum atomic E-state index is 12.2. The number of carbonyl (C=O) groups excluding carboxylic acids is 1. The number of likely N-dealkylation sites (N-methyl/N-ethyl adjacent to an activating group) is 1. The van der Waals surface area contributed by atoms with Gasteiger partial charge in [-0.05, 0) is 29.1 Å². The van der Waals surface area contributed by atoms with Gasteiger partial charge in [0.2, 0.25) is 5.91 Å². The molecule has 0 radical (unpaired) electrons. The zero-order chi connectivity index (χ0) is 16.7. The highest BCUT2D eigenvalue weighted by atomic mass is 16.2. The lowest BCUT2D eigenvalue weighted by Crippen LogP contribution is -2.35. The molecule has 124 valence electrons. The van der Waals surface area contributed by atoms with E-state index in [1.165, 1.54) is 10.9 Å². The molecule has 1 aliphatic rings. The van der Waals surface area contributed by atoms with Crippen LogP contribution >= 0.6 is 0 Å². The highest BCUT2D eigenvalue weighted by Crippen LogP contribution is 2.31. The first-order valence-electron chi connectivity index (χ1n) is 8.16. The van der Waals surface area contributed by atoms with Gasteiger partial charge in [0.05, 0.1) is 11.7 Å². The number of likely N-dealkylation sites (tertiary alicyclic amines) is 1. The molecule has 2 N–H and O–H groups in total. The molecule has 1 aliphatic heterocycles. The number of amides is 1. The second-order valence-electron chi connectivity index (χ2n) is 6.42. The number of fused-ring (bicyclic) bond motifs is 1. The van der Waals surface area contributed by atoms with E-state index in [9.17, 15) is 4.79 Å². The molecule has 1 aromatic carbocycles. The molecule has 0 saturated carbocycles. The first-order valence-corrected chi connectivity index (χ1v) is 8.16.